The molecule has 1 unspecified atom stereocenters. The maximum atomic E-state index is 12.7. The van der Waals surface area contributed by atoms with Crippen molar-refractivity contribution in [3.63, 3.8) is 0 Å². The van der Waals surface area contributed by atoms with Gasteiger partial charge in [0.15, 0.2) is 0 Å². The van der Waals surface area contributed by atoms with Gasteiger partial charge in [0.05, 0.1) is 6.04 Å². The fourth-order valence-corrected chi connectivity index (χ4v) is 6.09. The van der Waals surface area contributed by atoms with E-state index in [0.717, 1.165) is 25.4 Å². The SMILES string of the molecule is CC(C)(C)[S+]([O-])N[C@@H]1CC=C[C@@H](CN2CCCC2)CS[C@H]2O[C@H]1[C@H](O)[C@H](O)[C@H]2O.O=CO. The van der Waals surface area contributed by atoms with Crippen LogP contribution in [0.5, 0.6) is 0 Å². The van der Waals surface area contributed by atoms with Crippen molar-refractivity contribution >= 4 is 29.6 Å². The van der Waals surface area contributed by atoms with Crippen molar-refractivity contribution < 1.29 is 34.5 Å². The number of aliphatic hydroxyl groups excluding tert-OH is 3. The summed E-state index contributed by atoms with van der Waals surface area (Å²) < 4.78 is 21.4. The third kappa shape index (κ3) is 7.85. The maximum absolute atomic E-state index is 12.7. The molecule has 5 N–H and O–H groups in total. The standard InChI is InChI=1S/C20H36N2O5S2.CH2O2/c1-20(2,3)29(26)21-14-8-6-7-13(11-22-9-4-5-10-22)12-28-19-17(25)15(23)16(24)18(14)27-19;2-1-3/h6-7,13-19,21,23-25H,4-5,8-12H2,1-3H3;1H,(H,2,3)/t13-,14+,15-,16+,17+,18+,19+,29?;/m0./s1. The van der Waals surface area contributed by atoms with Gasteiger partial charge in [0.1, 0.15) is 34.6 Å². The molecule has 0 radical (unpaired) electrons. The fourth-order valence-electron chi connectivity index (χ4n) is 4.01. The van der Waals surface area contributed by atoms with Gasteiger partial charge in [0.25, 0.3) is 6.47 Å². The van der Waals surface area contributed by atoms with E-state index in [-0.39, 0.29) is 6.47 Å². The monoisotopic (exact) mass is 494 g/mol. The Morgan fingerprint density at radius 3 is 2.44 bits per heavy atom. The smallest absolute Gasteiger partial charge is 0.290 e. The molecule has 32 heavy (non-hydrogen) atoms. The Hall–Kier alpha value is -0.370. The first-order valence-electron chi connectivity index (χ1n) is 11.0. The highest BCUT2D eigenvalue weighted by Gasteiger charge is 2.48. The van der Waals surface area contributed by atoms with Gasteiger partial charge in [-0.3, -0.25) is 4.79 Å². The molecule has 0 aromatic carbocycles. The zero-order valence-corrected chi connectivity index (χ0v) is 20.6. The van der Waals surface area contributed by atoms with Gasteiger partial charge in [-0.25, -0.2) is 0 Å². The van der Waals surface area contributed by atoms with Gasteiger partial charge in [-0.05, 0) is 59.0 Å². The van der Waals surface area contributed by atoms with E-state index >= 15 is 0 Å². The first-order valence-corrected chi connectivity index (χ1v) is 13.2. The Kier molecular flexibility index (Phi) is 11.2. The number of aliphatic hydroxyl groups is 3. The lowest BCUT2D eigenvalue weighted by Crippen LogP contribution is -2.63. The van der Waals surface area contributed by atoms with Crippen LogP contribution in [0.3, 0.4) is 0 Å². The quantitative estimate of drug-likeness (QED) is 0.210. The summed E-state index contributed by atoms with van der Waals surface area (Å²) in [5.74, 6) is 1.08. The van der Waals surface area contributed by atoms with Crippen molar-refractivity contribution in [1.29, 1.82) is 0 Å². The largest absolute Gasteiger partial charge is 0.598 e. The van der Waals surface area contributed by atoms with Gasteiger partial charge in [-0.2, -0.15) is 0 Å². The van der Waals surface area contributed by atoms with Crippen LogP contribution in [0, 0.1) is 5.92 Å². The molecule has 2 saturated heterocycles. The molecule has 8 atom stereocenters. The average Bonchev–Trinajstić information content (AvgIpc) is 3.23. The molecule has 2 fully saturated rings. The van der Waals surface area contributed by atoms with Gasteiger partial charge < -0.3 is 34.6 Å². The van der Waals surface area contributed by atoms with Crippen LogP contribution in [0.25, 0.3) is 0 Å². The molecule has 11 heteroatoms. The number of nitrogens with zero attached hydrogens (tertiary/aromatic N) is 1. The van der Waals surface area contributed by atoms with Crippen molar-refractivity contribution in [3.05, 3.63) is 12.2 Å². The zero-order chi connectivity index (χ0) is 23.9. The van der Waals surface area contributed by atoms with Gasteiger partial charge in [0.2, 0.25) is 0 Å². The number of fused-ring (bicyclic) bond motifs is 2. The Labute approximate surface area is 197 Å². The number of likely N-dealkylation sites (tertiary alicyclic amines) is 1. The minimum Gasteiger partial charge on any atom is -0.598 e. The molecule has 3 aliphatic rings. The number of thioether (sulfide) groups is 1. The van der Waals surface area contributed by atoms with Crippen molar-refractivity contribution in [2.45, 2.75) is 80.7 Å². The molecule has 9 nitrogen and oxygen atoms in total. The number of carbonyl (C=O) groups is 1. The first kappa shape index (κ1) is 27.9. The molecule has 3 aliphatic heterocycles. The van der Waals surface area contributed by atoms with Crippen molar-refractivity contribution in [2.75, 3.05) is 25.4 Å². The third-order valence-electron chi connectivity index (χ3n) is 5.78. The number of nitrogens with one attached hydrogen (secondary N) is 1. The second-order valence-electron chi connectivity index (χ2n) is 9.42. The summed E-state index contributed by atoms with van der Waals surface area (Å²) in [4.78, 5) is 10.8. The lowest BCUT2D eigenvalue weighted by molar-refractivity contribution is -0.203. The van der Waals surface area contributed by atoms with Gasteiger partial charge >= 0.3 is 0 Å². The molecular weight excluding hydrogens is 456 g/mol. The summed E-state index contributed by atoms with van der Waals surface area (Å²) in [5, 5.41) is 38.3. The lowest BCUT2D eigenvalue weighted by Gasteiger charge is -2.44. The highest BCUT2D eigenvalue weighted by molar-refractivity contribution is 7.99. The van der Waals surface area contributed by atoms with Crippen molar-refractivity contribution in [2.24, 2.45) is 5.92 Å². The summed E-state index contributed by atoms with van der Waals surface area (Å²) in [5.41, 5.74) is -0.627. The molecule has 0 spiro atoms. The Morgan fingerprint density at radius 2 is 1.84 bits per heavy atom. The molecule has 0 aliphatic carbocycles. The van der Waals surface area contributed by atoms with E-state index in [1.165, 1.54) is 24.6 Å². The van der Waals surface area contributed by atoms with Crippen LogP contribution in [0.4, 0.5) is 0 Å². The van der Waals surface area contributed by atoms with Gasteiger partial charge in [-0.1, -0.05) is 12.2 Å². The molecule has 0 amide bonds. The highest BCUT2D eigenvalue weighted by Crippen LogP contribution is 2.33. The number of carboxylic acid groups (broad SMARTS) is 1. The highest BCUT2D eigenvalue weighted by atomic mass is 32.2. The summed E-state index contributed by atoms with van der Waals surface area (Å²) >= 11 is 0.133. The predicted molar refractivity (Wildman–Crippen MR) is 126 cm³/mol. The van der Waals surface area contributed by atoms with Crippen LogP contribution >= 0.6 is 11.8 Å². The molecule has 3 rings (SSSR count). The van der Waals surface area contributed by atoms with Gasteiger partial charge in [-0.15, -0.1) is 16.5 Å². The molecular formula is C21H38N2O7S2. The Morgan fingerprint density at radius 1 is 1.22 bits per heavy atom. The summed E-state index contributed by atoms with van der Waals surface area (Å²) in [6.45, 7) is 8.61. The summed E-state index contributed by atoms with van der Waals surface area (Å²) in [6, 6.07) is -0.433. The Balaban J connectivity index is 0.00000114. The van der Waals surface area contributed by atoms with Crippen LogP contribution in [0.1, 0.15) is 40.0 Å². The predicted octanol–water partition coefficient (Wildman–Crippen LogP) is 0.320. The minimum absolute atomic E-state index is 0.250. The fraction of sp³-hybridized carbons (Fsp3) is 0.857. The van der Waals surface area contributed by atoms with Crippen LogP contribution in [-0.4, -0.2) is 102 Å². The van der Waals surface area contributed by atoms with E-state index in [1.807, 2.05) is 20.8 Å². The molecule has 186 valence electrons. The zero-order valence-electron chi connectivity index (χ0n) is 19.0. The number of ether oxygens (including phenoxy) is 1. The van der Waals surface area contributed by atoms with E-state index in [1.54, 1.807) is 0 Å². The van der Waals surface area contributed by atoms with Crippen molar-refractivity contribution in [1.82, 2.24) is 9.62 Å². The third-order valence-corrected chi connectivity index (χ3v) is 8.75. The average molecular weight is 495 g/mol. The van der Waals surface area contributed by atoms with Crippen LogP contribution in [0.2, 0.25) is 0 Å². The van der Waals surface area contributed by atoms with Crippen LogP contribution in [-0.2, 0) is 20.9 Å². The van der Waals surface area contributed by atoms with Crippen LogP contribution in [0.15, 0.2) is 12.2 Å². The number of hydrogen-bond acceptors (Lipinski definition) is 9. The summed E-state index contributed by atoms with van der Waals surface area (Å²) in [6.07, 6.45) is 2.84. The van der Waals surface area contributed by atoms with Crippen LogP contribution < -0.4 is 4.72 Å². The molecule has 3 heterocycles. The molecule has 0 aromatic rings. The minimum atomic E-state index is -1.35. The number of hydrogen-bond donors (Lipinski definition) is 5. The molecule has 0 saturated carbocycles. The van der Waals surface area contributed by atoms with E-state index in [0.29, 0.717) is 12.3 Å². The first-order chi connectivity index (χ1) is 15.1. The Bertz CT molecular complexity index is 601. The summed E-state index contributed by atoms with van der Waals surface area (Å²) in [7, 11) is 0. The van der Waals surface area contributed by atoms with Gasteiger partial charge in [0, 0.05) is 23.7 Å². The molecule has 2 bridgehead atoms. The van der Waals surface area contributed by atoms with E-state index < -0.39 is 52.0 Å². The van der Waals surface area contributed by atoms with E-state index in [2.05, 4.69) is 21.8 Å². The topological polar surface area (TPSA) is 146 Å². The second-order valence-corrected chi connectivity index (χ2v) is 12.5. The van der Waals surface area contributed by atoms with Crippen molar-refractivity contribution in [3.8, 4) is 0 Å². The number of rotatable bonds is 4. The lowest BCUT2D eigenvalue weighted by atomic mass is 9.93. The molecule has 0 aromatic heterocycles. The van der Waals surface area contributed by atoms with E-state index in [9.17, 15) is 19.9 Å². The normalized spacial score (nSPS) is 37.3. The van der Waals surface area contributed by atoms with E-state index in [4.69, 9.17) is 14.6 Å². The second kappa shape index (κ2) is 12.9. The maximum Gasteiger partial charge on any atom is 0.290 e.